The number of fused-ring (bicyclic) bond motifs is 3. The first-order chi connectivity index (χ1) is 17.6. The van der Waals surface area contributed by atoms with Gasteiger partial charge >= 0.3 is 0 Å². The highest BCUT2D eigenvalue weighted by molar-refractivity contribution is 7.07. The molecule has 0 saturated carbocycles. The Morgan fingerprint density at radius 1 is 1.00 bits per heavy atom. The molecule has 0 bridgehead atoms. The first-order valence-corrected chi connectivity index (χ1v) is 12.9. The molecule has 0 saturated heterocycles. The minimum atomic E-state index is -0.281. The largest absolute Gasteiger partial charge is 0.493 e. The van der Waals surface area contributed by atoms with Crippen molar-refractivity contribution in [3.63, 3.8) is 0 Å². The highest BCUT2D eigenvalue weighted by Gasteiger charge is 2.33. The molecule has 0 unspecified atom stereocenters. The molecule has 0 spiro atoms. The van der Waals surface area contributed by atoms with E-state index < -0.39 is 0 Å². The van der Waals surface area contributed by atoms with Crippen molar-refractivity contribution in [2.45, 2.75) is 18.9 Å². The fourth-order valence-electron chi connectivity index (χ4n) is 5.06. The van der Waals surface area contributed by atoms with E-state index in [1.54, 1.807) is 14.2 Å². The highest BCUT2D eigenvalue weighted by atomic mass is 35.5. The first-order valence-electron chi connectivity index (χ1n) is 11.7. The van der Waals surface area contributed by atoms with E-state index in [9.17, 15) is 4.79 Å². The third-order valence-electron chi connectivity index (χ3n) is 6.76. The molecule has 2 aliphatic rings. The quantitative estimate of drug-likeness (QED) is 0.385. The maximum atomic E-state index is 13.8. The minimum Gasteiger partial charge on any atom is -0.493 e. The summed E-state index contributed by atoms with van der Waals surface area (Å²) in [6.07, 6.45) is 3.64. The smallest absolute Gasteiger partial charge is 0.271 e. The van der Waals surface area contributed by atoms with Crippen molar-refractivity contribution in [1.29, 1.82) is 0 Å². The van der Waals surface area contributed by atoms with E-state index in [2.05, 4.69) is 18.2 Å². The number of methoxy groups -OCH3 is 2. The van der Waals surface area contributed by atoms with Gasteiger partial charge in [0.15, 0.2) is 16.3 Å². The molecular formula is C29H23ClN2O3S. The second-order valence-corrected chi connectivity index (χ2v) is 10.2. The molecule has 3 aromatic carbocycles. The van der Waals surface area contributed by atoms with E-state index in [0.717, 1.165) is 40.8 Å². The molecule has 0 amide bonds. The fourth-order valence-corrected chi connectivity index (χ4v) is 6.18. The Hall–Kier alpha value is -3.61. The van der Waals surface area contributed by atoms with E-state index >= 15 is 0 Å². The van der Waals surface area contributed by atoms with Crippen LogP contribution in [-0.2, 0) is 6.42 Å². The topological polar surface area (TPSA) is 52.8 Å². The summed E-state index contributed by atoms with van der Waals surface area (Å²) in [4.78, 5) is 19.6. The SMILES string of the molecule is COc1ccc([C@H]2C3=C(N=c4s/c(=C/c5ccc(Cl)cc5)c(=O)n42)c2ccccc2CC3)cc1OC. The van der Waals surface area contributed by atoms with Crippen molar-refractivity contribution in [2.75, 3.05) is 14.2 Å². The van der Waals surface area contributed by atoms with Gasteiger partial charge in [-0.1, -0.05) is 65.4 Å². The average molecular weight is 515 g/mol. The molecule has 1 aromatic heterocycles. The molecule has 1 aliphatic carbocycles. The maximum absolute atomic E-state index is 13.8. The van der Waals surface area contributed by atoms with Crippen LogP contribution in [0.2, 0.25) is 5.02 Å². The molecule has 4 aromatic rings. The summed E-state index contributed by atoms with van der Waals surface area (Å²) in [7, 11) is 3.25. The van der Waals surface area contributed by atoms with E-state index in [4.69, 9.17) is 26.1 Å². The van der Waals surface area contributed by atoms with E-state index in [-0.39, 0.29) is 11.6 Å². The molecule has 1 aliphatic heterocycles. The zero-order valence-electron chi connectivity index (χ0n) is 19.8. The van der Waals surface area contributed by atoms with Gasteiger partial charge in [0.05, 0.1) is 30.5 Å². The predicted octanol–water partition coefficient (Wildman–Crippen LogP) is 4.99. The Morgan fingerprint density at radius 2 is 1.78 bits per heavy atom. The van der Waals surface area contributed by atoms with Gasteiger partial charge in [-0.05, 0) is 65.4 Å². The van der Waals surface area contributed by atoms with Crippen molar-refractivity contribution in [3.05, 3.63) is 119 Å². The number of benzene rings is 3. The van der Waals surface area contributed by atoms with Gasteiger partial charge in [0.1, 0.15) is 0 Å². The Balaban J connectivity index is 1.62. The van der Waals surface area contributed by atoms with Crippen molar-refractivity contribution < 1.29 is 9.47 Å². The monoisotopic (exact) mass is 514 g/mol. The summed E-state index contributed by atoms with van der Waals surface area (Å²) in [5.41, 5.74) is 6.36. The highest BCUT2D eigenvalue weighted by Crippen LogP contribution is 2.42. The minimum absolute atomic E-state index is 0.0566. The molecule has 0 fully saturated rings. The second kappa shape index (κ2) is 9.12. The van der Waals surface area contributed by atoms with Crippen molar-refractivity contribution in [1.82, 2.24) is 4.57 Å². The third kappa shape index (κ3) is 3.77. The van der Waals surface area contributed by atoms with E-state index in [1.807, 2.05) is 59.2 Å². The van der Waals surface area contributed by atoms with Crippen LogP contribution in [0.4, 0.5) is 0 Å². The Kier molecular flexibility index (Phi) is 5.78. The number of thiazole rings is 1. The summed E-state index contributed by atoms with van der Waals surface area (Å²) in [6, 6.07) is 21.5. The molecule has 0 radical (unpaired) electrons. The van der Waals surface area contributed by atoms with Gasteiger partial charge in [-0.15, -0.1) is 0 Å². The first kappa shape index (κ1) is 22.8. The van der Waals surface area contributed by atoms with Crippen LogP contribution in [-0.4, -0.2) is 18.8 Å². The zero-order chi connectivity index (χ0) is 24.8. The van der Waals surface area contributed by atoms with Crippen LogP contribution in [0.3, 0.4) is 0 Å². The molecule has 5 nitrogen and oxygen atoms in total. The van der Waals surface area contributed by atoms with Crippen LogP contribution in [0, 0.1) is 0 Å². The van der Waals surface area contributed by atoms with Crippen LogP contribution in [0.15, 0.2) is 82.1 Å². The van der Waals surface area contributed by atoms with Crippen LogP contribution < -0.4 is 24.4 Å². The zero-order valence-corrected chi connectivity index (χ0v) is 21.4. The molecule has 0 N–H and O–H groups in total. The number of halogens is 1. The Labute approximate surface area is 217 Å². The summed E-state index contributed by atoms with van der Waals surface area (Å²) >= 11 is 7.47. The fraction of sp³-hybridized carbons (Fsp3) is 0.172. The van der Waals surface area contributed by atoms with E-state index in [1.165, 1.54) is 16.9 Å². The molecule has 180 valence electrons. The lowest BCUT2D eigenvalue weighted by molar-refractivity contribution is 0.354. The van der Waals surface area contributed by atoms with Crippen LogP contribution in [0.25, 0.3) is 11.8 Å². The molecule has 6 rings (SSSR count). The lowest BCUT2D eigenvalue weighted by atomic mass is 9.83. The van der Waals surface area contributed by atoms with Gasteiger partial charge < -0.3 is 9.47 Å². The van der Waals surface area contributed by atoms with Gasteiger partial charge in [0.2, 0.25) is 0 Å². The number of hydrogen-bond donors (Lipinski definition) is 0. The summed E-state index contributed by atoms with van der Waals surface area (Å²) < 4.78 is 13.5. The predicted molar refractivity (Wildman–Crippen MR) is 144 cm³/mol. The van der Waals surface area contributed by atoms with Crippen LogP contribution >= 0.6 is 22.9 Å². The number of aromatic nitrogens is 1. The van der Waals surface area contributed by atoms with Gasteiger partial charge in [0, 0.05) is 10.6 Å². The Bertz CT molecular complexity index is 1700. The average Bonchev–Trinajstić information content (AvgIpc) is 3.22. The number of ether oxygens (including phenoxy) is 2. The normalized spacial score (nSPS) is 16.6. The van der Waals surface area contributed by atoms with Crippen LogP contribution in [0.5, 0.6) is 11.5 Å². The molecular weight excluding hydrogens is 492 g/mol. The number of nitrogens with zero attached hydrogens (tertiary/aromatic N) is 2. The third-order valence-corrected chi connectivity index (χ3v) is 8.00. The maximum Gasteiger partial charge on any atom is 0.271 e. The van der Waals surface area contributed by atoms with Crippen molar-refractivity contribution in [3.8, 4) is 11.5 Å². The second-order valence-electron chi connectivity index (χ2n) is 8.78. The van der Waals surface area contributed by atoms with Gasteiger partial charge in [-0.2, -0.15) is 0 Å². The molecule has 2 heterocycles. The lowest BCUT2D eigenvalue weighted by Gasteiger charge is -2.31. The molecule has 36 heavy (non-hydrogen) atoms. The van der Waals surface area contributed by atoms with Crippen molar-refractivity contribution >= 4 is 34.7 Å². The van der Waals surface area contributed by atoms with Gasteiger partial charge in [0.25, 0.3) is 5.56 Å². The summed E-state index contributed by atoms with van der Waals surface area (Å²) in [5, 5.41) is 0.661. The number of hydrogen-bond acceptors (Lipinski definition) is 5. The van der Waals surface area contributed by atoms with Crippen molar-refractivity contribution in [2.24, 2.45) is 4.99 Å². The number of aryl methyl sites for hydroxylation is 1. The lowest BCUT2D eigenvalue weighted by Crippen LogP contribution is -2.38. The molecule has 1 atom stereocenters. The van der Waals surface area contributed by atoms with Crippen LogP contribution in [0.1, 0.15) is 34.7 Å². The number of allylic oxidation sites excluding steroid dienone is 1. The summed E-state index contributed by atoms with van der Waals surface area (Å²) in [6.45, 7) is 0. The number of rotatable bonds is 4. The van der Waals surface area contributed by atoms with E-state index in [0.29, 0.717) is 25.9 Å². The standard InChI is InChI=1S/C29H23ClN2O3S/c1-34-23-14-10-19(16-24(23)35-2)27-22-13-9-18-5-3-4-6-21(18)26(22)31-29-32(27)28(33)25(36-29)15-17-7-11-20(30)12-8-17/h3-8,10-12,14-16,27H,9,13H2,1-2H3/b25-15+/t27-/m0/s1. The molecule has 7 heteroatoms. The summed E-state index contributed by atoms with van der Waals surface area (Å²) in [5.74, 6) is 1.29. The van der Waals surface area contributed by atoms with Gasteiger partial charge in [-0.25, -0.2) is 4.99 Å². The van der Waals surface area contributed by atoms with Gasteiger partial charge in [-0.3, -0.25) is 9.36 Å². The Morgan fingerprint density at radius 3 is 2.56 bits per heavy atom.